The number of para-hydroxylation sites is 2. The number of nitrogens with zero attached hydrogens (tertiary/aromatic N) is 3. The van der Waals surface area contributed by atoms with Gasteiger partial charge in [-0.15, -0.1) is 0 Å². The molecule has 2 aromatic heterocycles. The maximum absolute atomic E-state index is 12.4. The zero-order valence-corrected chi connectivity index (χ0v) is 15.7. The molecule has 144 valence electrons. The van der Waals surface area contributed by atoms with Crippen LogP contribution in [0.5, 0.6) is 5.75 Å². The quantitative estimate of drug-likeness (QED) is 0.265. The van der Waals surface area contributed by atoms with Crippen molar-refractivity contribution in [3.63, 3.8) is 0 Å². The number of nitro benzene ring substituents is 1. The molecule has 0 amide bonds. The summed E-state index contributed by atoms with van der Waals surface area (Å²) < 4.78 is 12.8. The number of hydrogen-bond acceptors (Lipinski definition) is 6. The highest BCUT2D eigenvalue weighted by Gasteiger charge is 2.16. The van der Waals surface area contributed by atoms with E-state index >= 15 is 0 Å². The summed E-state index contributed by atoms with van der Waals surface area (Å²) in [4.78, 5) is 22.9. The van der Waals surface area contributed by atoms with Crippen molar-refractivity contribution < 1.29 is 18.9 Å². The molecule has 3 aromatic rings. The van der Waals surface area contributed by atoms with Crippen molar-refractivity contribution >= 4 is 17.5 Å². The smallest absolute Gasteiger partial charge is 0.310 e. The lowest BCUT2D eigenvalue weighted by molar-refractivity contribution is -0.386. The van der Waals surface area contributed by atoms with Crippen molar-refractivity contribution in [2.24, 2.45) is 7.05 Å². The largest absolute Gasteiger partial charge is 0.479 e. The lowest BCUT2D eigenvalue weighted by Gasteiger charge is -2.04. The van der Waals surface area contributed by atoms with Crippen LogP contribution in [0.15, 0.2) is 46.9 Å². The normalized spacial score (nSPS) is 11.1. The number of rotatable bonds is 7. The van der Waals surface area contributed by atoms with Gasteiger partial charge in [-0.05, 0) is 44.2 Å². The molecule has 0 aliphatic rings. The Labute approximate surface area is 161 Å². The molecule has 0 bridgehead atoms. The van der Waals surface area contributed by atoms with Gasteiger partial charge in [0.25, 0.3) is 0 Å². The molecule has 2 heterocycles. The number of ether oxygens (including phenoxy) is 1. The average molecular weight is 381 g/mol. The van der Waals surface area contributed by atoms with Crippen LogP contribution < -0.4 is 4.74 Å². The van der Waals surface area contributed by atoms with Gasteiger partial charge in [-0.3, -0.25) is 19.6 Å². The Balaban J connectivity index is 1.67. The van der Waals surface area contributed by atoms with Crippen molar-refractivity contribution in [3.8, 4) is 5.75 Å². The second-order valence-electron chi connectivity index (χ2n) is 6.18. The van der Waals surface area contributed by atoms with Gasteiger partial charge >= 0.3 is 5.69 Å². The third-order valence-corrected chi connectivity index (χ3v) is 4.27. The highest BCUT2D eigenvalue weighted by Crippen LogP contribution is 2.27. The fraction of sp³-hybridized carbons (Fsp3) is 0.200. The summed E-state index contributed by atoms with van der Waals surface area (Å²) in [6, 6.07) is 9.53. The van der Waals surface area contributed by atoms with Crippen molar-refractivity contribution in [2.45, 2.75) is 20.5 Å². The first-order valence-corrected chi connectivity index (χ1v) is 8.54. The van der Waals surface area contributed by atoms with Crippen LogP contribution in [0.25, 0.3) is 6.08 Å². The van der Waals surface area contributed by atoms with E-state index in [0.29, 0.717) is 22.8 Å². The molecule has 0 aliphatic heterocycles. The monoisotopic (exact) mass is 381 g/mol. The molecule has 8 nitrogen and oxygen atoms in total. The molecule has 8 heteroatoms. The predicted molar refractivity (Wildman–Crippen MR) is 102 cm³/mol. The van der Waals surface area contributed by atoms with Gasteiger partial charge in [0.05, 0.1) is 16.2 Å². The summed E-state index contributed by atoms with van der Waals surface area (Å²) in [7, 11) is 1.79. The second-order valence-corrected chi connectivity index (χ2v) is 6.18. The van der Waals surface area contributed by atoms with Crippen molar-refractivity contribution in [3.05, 3.63) is 81.1 Å². The van der Waals surface area contributed by atoms with Gasteiger partial charge in [0, 0.05) is 18.8 Å². The number of ketones is 1. The summed E-state index contributed by atoms with van der Waals surface area (Å²) >= 11 is 0. The molecule has 0 fully saturated rings. The zero-order valence-electron chi connectivity index (χ0n) is 15.7. The Morgan fingerprint density at radius 2 is 2.04 bits per heavy atom. The van der Waals surface area contributed by atoms with E-state index in [0.717, 1.165) is 5.69 Å². The fourth-order valence-corrected chi connectivity index (χ4v) is 2.81. The maximum Gasteiger partial charge on any atom is 0.310 e. The van der Waals surface area contributed by atoms with Gasteiger partial charge in [0.1, 0.15) is 18.1 Å². The lowest BCUT2D eigenvalue weighted by atomic mass is 10.1. The Morgan fingerprint density at radius 3 is 2.71 bits per heavy atom. The molecule has 0 N–H and O–H groups in total. The average Bonchev–Trinajstić information content (AvgIpc) is 3.22. The van der Waals surface area contributed by atoms with Crippen LogP contribution in [0.1, 0.15) is 33.3 Å². The van der Waals surface area contributed by atoms with Crippen LogP contribution in [0.3, 0.4) is 0 Å². The standard InChI is InChI=1S/C20H19N3O5/c1-13-20(14(2)22(3)21-13)18(24)11-10-15-8-9-16(28-15)12-27-19-7-5-4-6-17(19)23(25)26/h4-11H,12H2,1-3H3/b11-10+. The summed E-state index contributed by atoms with van der Waals surface area (Å²) in [5.41, 5.74) is 1.94. The number of aryl methyl sites for hydroxylation is 2. The molecule has 0 aliphatic carbocycles. The minimum absolute atomic E-state index is 0.0352. The minimum Gasteiger partial charge on any atom is -0.479 e. The van der Waals surface area contributed by atoms with Crippen LogP contribution in [0.4, 0.5) is 5.69 Å². The molecule has 0 atom stereocenters. The number of benzene rings is 1. The number of hydrogen-bond donors (Lipinski definition) is 0. The summed E-state index contributed by atoms with van der Waals surface area (Å²) in [6.07, 6.45) is 3.01. The van der Waals surface area contributed by atoms with Crippen LogP contribution in [0, 0.1) is 24.0 Å². The Kier molecular flexibility index (Phi) is 5.39. The first kappa shape index (κ1) is 19.1. The van der Waals surface area contributed by atoms with Crippen LogP contribution in [-0.2, 0) is 13.7 Å². The van der Waals surface area contributed by atoms with Gasteiger partial charge in [0.15, 0.2) is 11.5 Å². The first-order chi connectivity index (χ1) is 13.4. The van der Waals surface area contributed by atoms with E-state index in [1.165, 1.54) is 18.2 Å². The highest BCUT2D eigenvalue weighted by atomic mass is 16.6. The molecule has 28 heavy (non-hydrogen) atoms. The summed E-state index contributed by atoms with van der Waals surface area (Å²) in [5, 5.41) is 15.2. The van der Waals surface area contributed by atoms with E-state index in [4.69, 9.17) is 9.15 Å². The Morgan fingerprint density at radius 1 is 1.29 bits per heavy atom. The Hall–Kier alpha value is -3.68. The molecule has 1 aromatic carbocycles. The predicted octanol–water partition coefficient (Wildman–Crippen LogP) is 4.01. The number of carbonyl (C=O) groups excluding carboxylic acids is 1. The van der Waals surface area contributed by atoms with E-state index in [9.17, 15) is 14.9 Å². The second kappa shape index (κ2) is 7.91. The third-order valence-electron chi connectivity index (χ3n) is 4.27. The van der Waals surface area contributed by atoms with Gasteiger partial charge in [-0.1, -0.05) is 12.1 Å². The fourth-order valence-electron chi connectivity index (χ4n) is 2.81. The molecule has 0 unspecified atom stereocenters. The molecular formula is C20H19N3O5. The van der Waals surface area contributed by atoms with Crippen molar-refractivity contribution in [2.75, 3.05) is 0 Å². The summed E-state index contributed by atoms with van der Waals surface area (Å²) in [5.74, 6) is 0.976. The molecular weight excluding hydrogens is 362 g/mol. The van der Waals surface area contributed by atoms with Gasteiger partial charge in [0.2, 0.25) is 0 Å². The molecule has 0 saturated carbocycles. The highest BCUT2D eigenvalue weighted by molar-refractivity contribution is 6.08. The van der Waals surface area contributed by atoms with Gasteiger partial charge in [-0.2, -0.15) is 5.10 Å². The SMILES string of the molecule is Cc1nn(C)c(C)c1C(=O)/C=C/c1ccc(COc2ccccc2[N+](=O)[O-])o1. The van der Waals surface area contributed by atoms with Gasteiger partial charge < -0.3 is 9.15 Å². The molecule has 3 rings (SSSR count). The number of furan rings is 1. The maximum atomic E-state index is 12.4. The molecule has 0 radical (unpaired) electrons. The third kappa shape index (κ3) is 4.01. The number of allylic oxidation sites excluding steroid dienone is 1. The van der Waals surface area contributed by atoms with Crippen LogP contribution >= 0.6 is 0 Å². The molecule has 0 saturated heterocycles. The van der Waals surface area contributed by atoms with Crippen molar-refractivity contribution in [1.29, 1.82) is 0 Å². The Bertz CT molecular complexity index is 1060. The van der Waals surface area contributed by atoms with Crippen LogP contribution in [-0.4, -0.2) is 20.5 Å². The molecule has 0 spiro atoms. The minimum atomic E-state index is -0.500. The van der Waals surface area contributed by atoms with Gasteiger partial charge in [-0.25, -0.2) is 0 Å². The van der Waals surface area contributed by atoms with E-state index in [1.807, 2.05) is 6.92 Å². The van der Waals surface area contributed by atoms with E-state index in [-0.39, 0.29) is 23.8 Å². The topological polar surface area (TPSA) is 100 Å². The number of nitro groups is 1. The van der Waals surface area contributed by atoms with E-state index < -0.39 is 4.92 Å². The summed E-state index contributed by atoms with van der Waals surface area (Å²) in [6.45, 7) is 3.67. The van der Waals surface area contributed by atoms with E-state index in [2.05, 4.69) is 5.10 Å². The first-order valence-electron chi connectivity index (χ1n) is 8.54. The number of aromatic nitrogens is 2. The zero-order chi connectivity index (χ0) is 20.3. The number of carbonyl (C=O) groups is 1. The van der Waals surface area contributed by atoms with E-state index in [1.54, 1.807) is 49.0 Å². The van der Waals surface area contributed by atoms with Crippen LogP contribution in [0.2, 0.25) is 0 Å². The van der Waals surface area contributed by atoms with Crippen molar-refractivity contribution in [1.82, 2.24) is 9.78 Å². The lowest BCUT2D eigenvalue weighted by Crippen LogP contribution is -1.99.